The van der Waals surface area contributed by atoms with Crippen LogP contribution in [0.2, 0.25) is 0 Å². The molecule has 0 aromatic rings. The van der Waals surface area contributed by atoms with Gasteiger partial charge in [-0.05, 0) is 25.7 Å². The highest BCUT2D eigenvalue weighted by Crippen LogP contribution is 2.16. The van der Waals surface area contributed by atoms with Crippen LogP contribution in [0.1, 0.15) is 92.9 Å². The molecule has 1 nitrogen and oxygen atoms in total. The number of hydrogen-bond donors (Lipinski definition) is 0. The van der Waals surface area contributed by atoms with Gasteiger partial charge in [0.25, 0.3) is 0 Å². The minimum atomic E-state index is 1.35. The van der Waals surface area contributed by atoms with Gasteiger partial charge in [0.15, 0.2) is 0 Å². The third kappa shape index (κ3) is 11.5. The average Bonchev–Trinajstić information content (AvgIpc) is 2.48. The van der Waals surface area contributed by atoms with Crippen molar-refractivity contribution in [3.05, 3.63) is 0 Å². The van der Waals surface area contributed by atoms with E-state index in [-0.39, 0.29) is 0 Å². The summed E-state index contributed by atoms with van der Waals surface area (Å²) in [4.78, 5) is 0. The van der Waals surface area contributed by atoms with Crippen molar-refractivity contribution in [3.63, 3.8) is 0 Å². The van der Waals surface area contributed by atoms with E-state index in [2.05, 4.69) is 27.7 Å². The van der Waals surface area contributed by atoms with Crippen LogP contribution in [0.5, 0.6) is 0 Å². The largest absolute Gasteiger partial charge is 0.324 e. The van der Waals surface area contributed by atoms with E-state index in [0.717, 1.165) is 0 Å². The molecule has 0 aliphatic rings. The predicted octanol–water partition coefficient (Wildman–Crippen LogP) is 6.03. The standard InChI is InChI=1S/C16H36N.C2H6/c1-5-9-13-17(14-10-6-2,15-11-7-3)16-12-8-4;1-2/h5-16H2,1-4H3;1-2H3/q+1;. The summed E-state index contributed by atoms with van der Waals surface area (Å²) in [5, 5.41) is 0. The second-order valence-corrected chi connectivity index (χ2v) is 5.65. The number of hydrogen-bond acceptors (Lipinski definition) is 0. The maximum absolute atomic E-state index is 2.33. The quantitative estimate of drug-likeness (QED) is 0.380. The number of unbranched alkanes of at least 4 members (excludes halogenated alkanes) is 4. The molecule has 0 aliphatic heterocycles. The first-order valence-corrected chi connectivity index (χ1v) is 9.09. The first-order chi connectivity index (χ1) is 9.24. The van der Waals surface area contributed by atoms with Crippen LogP contribution in [-0.2, 0) is 0 Å². The molecule has 0 heterocycles. The molecule has 0 saturated carbocycles. The lowest BCUT2D eigenvalue weighted by molar-refractivity contribution is -0.929. The maximum Gasteiger partial charge on any atom is 0.0786 e. The van der Waals surface area contributed by atoms with Crippen LogP contribution in [0, 0.1) is 0 Å². The Morgan fingerprint density at radius 2 is 0.684 bits per heavy atom. The lowest BCUT2D eigenvalue weighted by Gasteiger charge is -2.39. The van der Waals surface area contributed by atoms with Crippen molar-refractivity contribution in [2.24, 2.45) is 0 Å². The molecule has 0 atom stereocenters. The molecule has 0 aromatic carbocycles. The van der Waals surface area contributed by atoms with Crippen molar-refractivity contribution in [2.45, 2.75) is 92.9 Å². The van der Waals surface area contributed by atoms with Gasteiger partial charge in [0.05, 0.1) is 26.2 Å². The average molecular weight is 273 g/mol. The van der Waals surface area contributed by atoms with Crippen molar-refractivity contribution in [2.75, 3.05) is 26.2 Å². The van der Waals surface area contributed by atoms with Crippen LogP contribution in [0.25, 0.3) is 0 Å². The molecule has 0 rings (SSSR count). The molecule has 0 N–H and O–H groups in total. The van der Waals surface area contributed by atoms with E-state index in [1.165, 1.54) is 82.0 Å². The molecule has 0 spiro atoms. The first-order valence-electron chi connectivity index (χ1n) is 9.09. The van der Waals surface area contributed by atoms with Gasteiger partial charge in [0.1, 0.15) is 0 Å². The van der Waals surface area contributed by atoms with Crippen LogP contribution in [0.3, 0.4) is 0 Å². The minimum Gasteiger partial charge on any atom is -0.324 e. The third-order valence-electron chi connectivity index (χ3n) is 3.94. The molecule has 0 radical (unpaired) electrons. The van der Waals surface area contributed by atoms with Gasteiger partial charge < -0.3 is 4.48 Å². The highest BCUT2D eigenvalue weighted by molar-refractivity contribution is 4.49. The lowest BCUT2D eigenvalue weighted by atomic mass is 10.1. The smallest absolute Gasteiger partial charge is 0.0786 e. The zero-order valence-corrected chi connectivity index (χ0v) is 14.9. The fourth-order valence-corrected chi connectivity index (χ4v) is 2.64. The molecule has 19 heavy (non-hydrogen) atoms. The van der Waals surface area contributed by atoms with Crippen LogP contribution < -0.4 is 0 Å². The number of rotatable bonds is 12. The number of quaternary nitrogens is 1. The Labute approximate surface area is 124 Å². The zero-order chi connectivity index (χ0) is 15.0. The summed E-state index contributed by atoms with van der Waals surface area (Å²) < 4.78 is 1.42. The van der Waals surface area contributed by atoms with Gasteiger partial charge in [-0.1, -0.05) is 67.2 Å². The summed E-state index contributed by atoms with van der Waals surface area (Å²) in [6.07, 6.45) is 11.1. The molecule has 1 heteroatoms. The molecule has 0 amide bonds. The van der Waals surface area contributed by atoms with E-state index in [0.29, 0.717) is 0 Å². The van der Waals surface area contributed by atoms with Crippen LogP contribution in [0.4, 0.5) is 0 Å². The van der Waals surface area contributed by atoms with E-state index >= 15 is 0 Å². The normalized spacial score (nSPS) is 11.1. The Bertz CT molecular complexity index is 116. The summed E-state index contributed by atoms with van der Waals surface area (Å²) in [6, 6.07) is 0. The second-order valence-electron chi connectivity index (χ2n) is 5.65. The molecule has 0 fully saturated rings. The molecule has 0 saturated heterocycles. The third-order valence-corrected chi connectivity index (χ3v) is 3.94. The highest BCUT2D eigenvalue weighted by Gasteiger charge is 2.24. The number of nitrogens with zero attached hydrogens (tertiary/aromatic N) is 1. The molecule has 0 aromatic heterocycles. The Morgan fingerprint density at radius 1 is 0.474 bits per heavy atom. The summed E-state index contributed by atoms with van der Waals surface area (Å²) in [5.41, 5.74) is 0. The van der Waals surface area contributed by atoms with Gasteiger partial charge in [-0.15, -0.1) is 0 Å². The summed E-state index contributed by atoms with van der Waals surface area (Å²) in [6.45, 7) is 19.0. The van der Waals surface area contributed by atoms with E-state index in [9.17, 15) is 0 Å². The summed E-state index contributed by atoms with van der Waals surface area (Å²) in [5.74, 6) is 0. The zero-order valence-electron chi connectivity index (χ0n) is 14.9. The van der Waals surface area contributed by atoms with E-state index in [1.54, 1.807) is 0 Å². The van der Waals surface area contributed by atoms with Crippen molar-refractivity contribution < 1.29 is 4.48 Å². The molecule has 0 unspecified atom stereocenters. The van der Waals surface area contributed by atoms with Crippen molar-refractivity contribution in [3.8, 4) is 0 Å². The van der Waals surface area contributed by atoms with Crippen molar-refractivity contribution >= 4 is 0 Å². The SMILES string of the molecule is CC.CCCC[N+](CCCC)(CCCC)CCCC. The Kier molecular flexibility index (Phi) is 17.9. The minimum absolute atomic E-state index is 1.35. The van der Waals surface area contributed by atoms with Gasteiger partial charge in [-0.2, -0.15) is 0 Å². The van der Waals surface area contributed by atoms with Crippen molar-refractivity contribution in [1.29, 1.82) is 0 Å². The van der Waals surface area contributed by atoms with Crippen LogP contribution in [0.15, 0.2) is 0 Å². The van der Waals surface area contributed by atoms with E-state index < -0.39 is 0 Å². The summed E-state index contributed by atoms with van der Waals surface area (Å²) >= 11 is 0. The van der Waals surface area contributed by atoms with Gasteiger partial charge in [0.2, 0.25) is 0 Å². The topological polar surface area (TPSA) is 0 Å². The maximum atomic E-state index is 2.33. The van der Waals surface area contributed by atoms with Gasteiger partial charge in [0, 0.05) is 0 Å². The van der Waals surface area contributed by atoms with Gasteiger partial charge in [-0.25, -0.2) is 0 Å². The molecule has 118 valence electrons. The first kappa shape index (κ1) is 21.3. The monoisotopic (exact) mass is 272 g/mol. The van der Waals surface area contributed by atoms with Crippen LogP contribution in [-0.4, -0.2) is 30.7 Å². The lowest BCUT2D eigenvalue weighted by Crippen LogP contribution is -2.50. The van der Waals surface area contributed by atoms with Crippen LogP contribution >= 0.6 is 0 Å². The Balaban J connectivity index is 0. The molecule has 0 aliphatic carbocycles. The van der Waals surface area contributed by atoms with E-state index in [1.807, 2.05) is 13.8 Å². The van der Waals surface area contributed by atoms with Gasteiger partial charge >= 0.3 is 0 Å². The molecular weight excluding hydrogens is 230 g/mol. The van der Waals surface area contributed by atoms with Crippen molar-refractivity contribution in [1.82, 2.24) is 0 Å². The molecular formula is C18H42N+. The highest BCUT2D eigenvalue weighted by atomic mass is 15.3. The Hall–Kier alpha value is -0.0400. The fourth-order valence-electron chi connectivity index (χ4n) is 2.64. The fraction of sp³-hybridized carbons (Fsp3) is 1.00. The second kappa shape index (κ2) is 16.0. The molecule has 0 bridgehead atoms. The predicted molar refractivity (Wildman–Crippen MR) is 90.7 cm³/mol. The Morgan fingerprint density at radius 3 is 0.842 bits per heavy atom. The van der Waals surface area contributed by atoms with Gasteiger partial charge in [-0.3, -0.25) is 0 Å². The summed E-state index contributed by atoms with van der Waals surface area (Å²) in [7, 11) is 0. The van der Waals surface area contributed by atoms with E-state index in [4.69, 9.17) is 0 Å².